The molecule has 0 aromatic carbocycles. The van der Waals surface area contributed by atoms with Crippen molar-refractivity contribution < 1.29 is 0 Å². The van der Waals surface area contributed by atoms with Crippen LogP contribution in [0, 0.1) is 17.2 Å². The minimum Gasteiger partial charge on any atom is -0.193 e. The zero-order valence-corrected chi connectivity index (χ0v) is 7.14. The van der Waals surface area contributed by atoms with Crippen LogP contribution in [0.1, 0.15) is 39.0 Å². The van der Waals surface area contributed by atoms with Crippen molar-refractivity contribution in [2.45, 2.75) is 39.0 Å². The second kappa shape index (κ2) is 4.18. The molecule has 0 atom stereocenters. The van der Waals surface area contributed by atoms with Crippen LogP contribution in [0.5, 0.6) is 0 Å². The third-order valence-corrected chi connectivity index (χ3v) is 2.54. The van der Waals surface area contributed by atoms with Gasteiger partial charge in [-0.1, -0.05) is 24.8 Å². The van der Waals surface area contributed by atoms with Crippen molar-refractivity contribution in [2.24, 2.45) is 5.92 Å². The standard InChI is InChI=1S/C10H15N/c1-9(7-8-11)10-5-3-2-4-6-10/h7,10H,2-6H2,1H3/b9-7-. The van der Waals surface area contributed by atoms with Gasteiger partial charge in [0.25, 0.3) is 0 Å². The topological polar surface area (TPSA) is 23.8 Å². The highest BCUT2D eigenvalue weighted by atomic mass is 14.2. The van der Waals surface area contributed by atoms with Gasteiger partial charge in [0.15, 0.2) is 0 Å². The molecule has 0 aromatic rings. The number of nitriles is 1. The largest absolute Gasteiger partial charge is 0.193 e. The lowest BCUT2D eigenvalue weighted by Crippen LogP contribution is -2.06. The van der Waals surface area contributed by atoms with Crippen LogP contribution in [0.25, 0.3) is 0 Å². The number of rotatable bonds is 1. The van der Waals surface area contributed by atoms with Crippen molar-refractivity contribution in [2.75, 3.05) is 0 Å². The molecule has 1 saturated carbocycles. The van der Waals surface area contributed by atoms with Gasteiger partial charge in [0, 0.05) is 6.08 Å². The van der Waals surface area contributed by atoms with E-state index in [-0.39, 0.29) is 0 Å². The molecular weight excluding hydrogens is 134 g/mol. The number of hydrogen-bond donors (Lipinski definition) is 0. The van der Waals surface area contributed by atoms with E-state index in [2.05, 4.69) is 13.0 Å². The first-order chi connectivity index (χ1) is 5.34. The SMILES string of the molecule is C/C(=C/C#N)C1CCCCC1. The van der Waals surface area contributed by atoms with Gasteiger partial charge in [-0.25, -0.2) is 0 Å². The van der Waals surface area contributed by atoms with Gasteiger partial charge in [-0.15, -0.1) is 0 Å². The molecule has 1 rings (SSSR count). The Bertz CT molecular complexity index is 180. The fourth-order valence-corrected chi connectivity index (χ4v) is 1.78. The molecule has 60 valence electrons. The lowest BCUT2D eigenvalue weighted by atomic mass is 9.84. The van der Waals surface area contributed by atoms with Crippen molar-refractivity contribution in [3.05, 3.63) is 11.6 Å². The highest BCUT2D eigenvalue weighted by molar-refractivity contribution is 5.14. The Labute approximate surface area is 68.7 Å². The zero-order chi connectivity index (χ0) is 8.10. The van der Waals surface area contributed by atoms with Gasteiger partial charge in [-0.2, -0.15) is 5.26 Å². The zero-order valence-electron chi connectivity index (χ0n) is 7.14. The Morgan fingerprint density at radius 3 is 2.55 bits per heavy atom. The fraction of sp³-hybridized carbons (Fsp3) is 0.700. The Morgan fingerprint density at radius 2 is 2.00 bits per heavy atom. The third kappa shape index (κ3) is 2.38. The summed E-state index contributed by atoms with van der Waals surface area (Å²) in [6, 6.07) is 2.10. The quantitative estimate of drug-likeness (QED) is 0.526. The van der Waals surface area contributed by atoms with Crippen LogP contribution in [0.4, 0.5) is 0 Å². The van der Waals surface area contributed by atoms with Gasteiger partial charge < -0.3 is 0 Å². The van der Waals surface area contributed by atoms with Crippen LogP contribution >= 0.6 is 0 Å². The molecule has 1 aliphatic carbocycles. The molecule has 0 amide bonds. The van der Waals surface area contributed by atoms with E-state index < -0.39 is 0 Å². The second-order valence-electron chi connectivity index (χ2n) is 3.35. The van der Waals surface area contributed by atoms with Crippen LogP contribution < -0.4 is 0 Å². The van der Waals surface area contributed by atoms with Crippen LogP contribution in [0.2, 0.25) is 0 Å². The maximum Gasteiger partial charge on any atom is 0.0911 e. The summed E-state index contributed by atoms with van der Waals surface area (Å²) in [6.45, 7) is 2.08. The van der Waals surface area contributed by atoms with Crippen LogP contribution in [0.15, 0.2) is 11.6 Å². The molecule has 0 heterocycles. The first kappa shape index (κ1) is 8.33. The average molecular weight is 149 g/mol. The summed E-state index contributed by atoms with van der Waals surface area (Å²) in [4.78, 5) is 0. The molecular formula is C10H15N. The lowest BCUT2D eigenvalue weighted by Gasteiger charge is -2.21. The second-order valence-corrected chi connectivity index (χ2v) is 3.35. The molecule has 1 aliphatic rings. The van der Waals surface area contributed by atoms with E-state index in [1.54, 1.807) is 6.08 Å². The summed E-state index contributed by atoms with van der Waals surface area (Å²) in [5, 5.41) is 8.44. The van der Waals surface area contributed by atoms with Crippen LogP contribution in [-0.2, 0) is 0 Å². The lowest BCUT2D eigenvalue weighted by molar-refractivity contribution is 0.403. The molecule has 0 unspecified atom stereocenters. The molecule has 0 bridgehead atoms. The average Bonchev–Trinajstić information content (AvgIpc) is 2.07. The van der Waals surface area contributed by atoms with Crippen LogP contribution in [-0.4, -0.2) is 0 Å². The molecule has 1 nitrogen and oxygen atoms in total. The Kier molecular flexibility index (Phi) is 3.16. The van der Waals surface area contributed by atoms with E-state index in [1.807, 2.05) is 0 Å². The molecule has 0 saturated heterocycles. The molecule has 0 radical (unpaired) electrons. The fourth-order valence-electron chi connectivity index (χ4n) is 1.78. The number of allylic oxidation sites excluding steroid dienone is 2. The van der Waals surface area contributed by atoms with Gasteiger partial charge in [0.05, 0.1) is 6.07 Å². The molecule has 11 heavy (non-hydrogen) atoms. The predicted molar refractivity (Wildman–Crippen MR) is 45.9 cm³/mol. The van der Waals surface area contributed by atoms with Gasteiger partial charge in [-0.05, 0) is 25.7 Å². The monoisotopic (exact) mass is 149 g/mol. The summed E-state index contributed by atoms with van der Waals surface area (Å²) < 4.78 is 0. The highest BCUT2D eigenvalue weighted by Crippen LogP contribution is 2.28. The summed E-state index contributed by atoms with van der Waals surface area (Å²) in [7, 11) is 0. The van der Waals surface area contributed by atoms with Crippen molar-refractivity contribution in [1.82, 2.24) is 0 Å². The maximum atomic E-state index is 8.44. The number of nitrogens with zero attached hydrogens (tertiary/aromatic N) is 1. The molecule has 1 fully saturated rings. The van der Waals surface area contributed by atoms with Gasteiger partial charge in [0.2, 0.25) is 0 Å². The van der Waals surface area contributed by atoms with Crippen molar-refractivity contribution in [3.63, 3.8) is 0 Å². The molecule has 0 N–H and O–H groups in total. The number of hydrogen-bond acceptors (Lipinski definition) is 1. The Hall–Kier alpha value is -0.770. The maximum absolute atomic E-state index is 8.44. The van der Waals surface area contributed by atoms with Crippen molar-refractivity contribution >= 4 is 0 Å². The Balaban J connectivity index is 2.46. The van der Waals surface area contributed by atoms with E-state index in [4.69, 9.17) is 5.26 Å². The smallest absolute Gasteiger partial charge is 0.0911 e. The minimum atomic E-state index is 0.711. The van der Waals surface area contributed by atoms with Gasteiger partial charge >= 0.3 is 0 Å². The van der Waals surface area contributed by atoms with E-state index >= 15 is 0 Å². The molecule has 1 heteroatoms. The summed E-state index contributed by atoms with van der Waals surface area (Å²) >= 11 is 0. The normalized spacial score (nSPS) is 21.3. The predicted octanol–water partition coefficient (Wildman–Crippen LogP) is 3.04. The van der Waals surface area contributed by atoms with E-state index in [0.717, 1.165) is 0 Å². The third-order valence-electron chi connectivity index (χ3n) is 2.54. The van der Waals surface area contributed by atoms with E-state index in [1.165, 1.54) is 37.7 Å². The summed E-state index contributed by atoms with van der Waals surface area (Å²) in [5.41, 5.74) is 1.28. The minimum absolute atomic E-state index is 0.711. The highest BCUT2D eigenvalue weighted by Gasteiger charge is 2.14. The van der Waals surface area contributed by atoms with Crippen LogP contribution in [0.3, 0.4) is 0 Å². The molecule has 0 spiro atoms. The van der Waals surface area contributed by atoms with E-state index in [9.17, 15) is 0 Å². The van der Waals surface area contributed by atoms with Gasteiger partial charge in [0.1, 0.15) is 0 Å². The van der Waals surface area contributed by atoms with Crippen molar-refractivity contribution in [3.8, 4) is 6.07 Å². The van der Waals surface area contributed by atoms with Crippen molar-refractivity contribution in [1.29, 1.82) is 5.26 Å². The first-order valence-corrected chi connectivity index (χ1v) is 4.41. The molecule has 0 aromatic heterocycles. The summed E-state index contributed by atoms with van der Waals surface area (Å²) in [5.74, 6) is 0.711. The van der Waals surface area contributed by atoms with Gasteiger partial charge in [-0.3, -0.25) is 0 Å². The Morgan fingerprint density at radius 1 is 1.36 bits per heavy atom. The molecule has 0 aliphatic heterocycles. The summed E-state index contributed by atoms with van der Waals surface area (Å²) in [6.07, 6.45) is 8.38. The van der Waals surface area contributed by atoms with E-state index in [0.29, 0.717) is 5.92 Å². The first-order valence-electron chi connectivity index (χ1n) is 4.41.